The van der Waals surface area contributed by atoms with Gasteiger partial charge >= 0.3 is 0 Å². The molecular formula is C14H17N3O3. The third kappa shape index (κ3) is 3.23. The van der Waals surface area contributed by atoms with Crippen molar-refractivity contribution in [1.82, 2.24) is 4.98 Å². The molecule has 106 valence electrons. The van der Waals surface area contributed by atoms with Gasteiger partial charge in [0.05, 0.1) is 6.61 Å². The standard InChI is InChI=1S/C14H17N3O3/c1-2-9-4-3-5-10(6-9)16-13(19)12-8-20-14(17-12)11(15)7-18/h3-6,8,11,18H,2,7,15H2,1H3,(H,16,19). The van der Waals surface area contributed by atoms with Crippen LogP contribution in [-0.4, -0.2) is 22.6 Å². The largest absolute Gasteiger partial charge is 0.446 e. The molecule has 1 unspecified atom stereocenters. The first-order chi connectivity index (χ1) is 9.63. The predicted octanol–water partition coefficient (Wildman–Crippen LogP) is 1.48. The van der Waals surface area contributed by atoms with E-state index < -0.39 is 6.04 Å². The number of oxazole rings is 1. The van der Waals surface area contributed by atoms with E-state index in [0.29, 0.717) is 5.69 Å². The quantitative estimate of drug-likeness (QED) is 0.767. The van der Waals surface area contributed by atoms with Crippen molar-refractivity contribution in [3.05, 3.63) is 47.7 Å². The fourth-order valence-electron chi connectivity index (χ4n) is 1.70. The van der Waals surface area contributed by atoms with E-state index in [4.69, 9.17) is 15.3 Å². The second-order valence-corrected chi connectivity index (χ2v) is 4.37. The number of amides is 1. The monoisotopic (exact) mass is 275 g/mol. The lowest BCUT2D eigenvalue weighted by Gasteiger charge is -2.04. The van der Waals surface area contributed by atoms with E-state index in [1.165, 1.54) is 6.26 Å². The number of aryl methyl sites for hydroxylation is 1. The Morgan fingerprint density at radius 2 is 2.35 bits per heavy atom. The van der Waals surface area contributed by atoms with Crippen molar-refractivity contribution >= 4 is 11.6 Å². The Balaban J connectivity index is 2.09. The summed E-state index contributed by atoms with van der Waals surface area (Å²) in [5.41, 5.74) is 7.52. The highest BCUT2D eigenvalue weighted by Crippen LogP contribution is 2.14. The molecule has 6 nitrogen and oxygen atoms in total. The smallest absolute Gasteiger partial charge is 0.277 e. The number of hydrogen-bond acceptors (Lipinski definition) is 5. The summed E-state index contributed by atoms with van der Waals surface area (Å²) < 4.78 is 5.06. The van der Waals surface area contributed by atoms with Crippen LogP contribution in [0.5, 0.6) is 0 Å². The highest BCUT2D eigenvalue weighted by Gasteiger charge is 2.16. The van der Waals surface area contributed by atoms with Crippen molar-refractivity contribution < 1.29 is 14.3 Å². The minimum absolute atomic E-state index is 0.130. The molecule has 1 aromatic carbocycles. The zero-order valence-electron chi connectivity index (χ0n) is 11.2. The van der Waals surface area contributed by atoms with Gasteiger partial charge in [-0.25, -0.2) is 4.98 Å². The molecule has 0 aliphatic carbocycles. The number of aliphatic hydroxyl groups is 1. The van der Waals surface area contributed by atoms with Gasteiger partial charge in [-0.05, 0) is 24.1 Å². The van der Waals surface area contributed by atoms with Crippen molar-refractivity contribution in [3.63, 3.8) is 0 Å². The molecule has 0 saturated heterocycles. The maximum atomic E-state index is 12.0. The lowest BCUT2D eigenvalue weighted by molar-refractivity contribution is 0.102. The van der Waals surface area contributed by atoms with Gasteiger partial charge < -0.3 is 20.6 Å². The fourth-order valence-corrected chi connectivity index (χ4v) is 1.70. The number of nitrogens with two attached hydrogens (primary N) is 1. The number of nitrogens with zero attached hydrogens (tertiary/aromatic N) is 1. The summed E-state index contributed by atoms with van der Waals surface area (Å²) >= 11 is 0. The Morgan fingerprint density at radius 1 is 1.55 bits per heavy atom. The normalized spacial score (nSPS) is 12.2. The molecule has 0 fully saturated rings. The van der Waals surface area contributed by atoms with E-state index in [-0.39, 0.29) is 24.1 Å². The van der Waals surface area contributed by atoms with Gasteiger partial charge in [0.1, 0.15) is 12.3 Å². The fraction of sp³-hybridized carbons (Fsp3) is 0.286. The van der Waals surface area contributed by atoms with Gasteiger partial charge in [0.25, 0.3) is 5.91 Å². The first-order valence-corrected chi connectivity index (χ1v) is 6.36. The molecule has 0 aliphatic heterocycles. The predicted molar refractivity (Wildman–Crippen MR) is 74.3 cm³/mol. The highest BCUT2D eigenvalue weighted by atomic mass is 16.3. The Hall–Kier alpha value is -2.18. The van der Waals surface area contributed by atoms with Gasteiger partial charge in [0.2, 0.25) is 5.89 Å². The van der Waals surface area contributed by atoms with Crippen molar-refractivity contribution in [3.8, 4) is 0 Å². The maximum Gasteiger partial charge on any atom is 0.277 e. The van der Waals surface area contributed by atoms with Gasteiger partial charge in [-0.3, -0.25) is 4.79 Å². The van der Waals surface area contributed by atoms with Gasteiger partial charge in [-0.1, -0.05) is 19.1 Å². The van der Waals surface area contributed by atoms with Crippen LogP contribution in [-0.2, 0) is 6.42 Å². The summed E-state index contributed by atoms with van der Waals surface area (Å²) in [6, 6.07) is 6.85. The van der Waals surface area contributed by atoms with Gasteiger partial charge in [0, 0.05) is 5.69 Å². The van der Waals surface area contributed by atoms with Crippen molar-refractivity contribution in [2.45, 2.75) is 19.4 Å². The molecule has 4 N–H and O–H groups in total. The van der Waals surface area contributed by atoms with E-state index in [0.717, 1.165) is 12.0 Å². The summed E-state index contributed by atoms with van der Waals surface area (Å²) in [7, 11) is 0. The highest BCUT2D eigenvalue weighted by molar-refractivity contribution is 6.02. The molecule has 0 bridgehead atoms. The van der Waals surface area contributed by atoms with E-state index in [2.05, 4.69) is 10.3 Å². The number of benzene rings is 1. The third-order valence-electron chi connectivity index (χ3n) is 2.86. The first-order valence-electron chi connectivity index (χ1n) is 6.36. The van der Waals surface area contributed by atoms with Gasteiger partial charge in [0.15, 0.2) is 5.69 Å². The molecule has 0 radical (unpaired) electrons. The second-order valence-electron chi connectivity index (χ2n) is 4.37. The van der Waals surface area contributed by atoms with E-state index in [1.807, 2.05) is 25.1 Å². The molecule has 0 saturated carbocycles. The molecular weight excluding hydrogens is 258 g/mol. The summed E-state index contributed by atoms with van der Waals surface area (Å²) in [4.78, 5) is 16.0. The summed E-state index contributed by atoms with van der Waals surface area (Å²) in [6.45, 7) is 1.75. The average molecular weight is 275 g/mol. The van der Waals surface area contributed by atoms with Crippen LogP contribution in [0, 0.1) is 0 Å². The minimum atomic E-state index is -0.722. The molecule has 1 amide bonds. The van der Waals surface area contributed by atoms with Crippen LogP contribution in [0.25, 0.3) is 0 Å². The number of aliphatic hydroxyl groups excluding tert-OH is 1. The van der Waals surface area contributed by atoms with Crippen LogP contribution in [0.4, 0.5) is 5.69 Å². The topological polar surface area (TPSA) is 101 Å². The second kappa shape index (κ2) is 6.31. The summed E-state index contributed by atoms with van der Waals surface area (Å²) in [6.07, 6.45) is 2.12. The summed E-state index contributed by atoms with van der Waals surface area (Å²) in [5.74, 6) is -0.238. The number of carbonyl (C=O) groups excluding carboxylic acids is 1. The molecule has 1 heterocycles. The first kappa shape index (κ1) is 14.2. The molecule has 6 heteroatoms. The summed E-state index contributed by atoms with van der Waals surface area (Å²) in [5, 5.41) is 11.6. The number of aromatic nitrogens is 1. The molecule has 2 aromatic rings. The molecule has 20 heavy (non-hydrogen) atoms. The maximum absolute atomic E-state index is 12.0. The number of rotatable bonds is 5. The molecule has 0 aliphatic rings. The van der Waals surface area contributed by atoms with E-state index in [9.17, 15) is 4.79 Å². The van der Waals surface area contributed by atoms with Crippen molar-refractivity contribution in [2.24, 2.45) is 5.73 Å². The van der Waals surface area contributed by atoms with Gasteiger partial charge in [-0.2, -0.15) is 0 Å². The van der Waals surface area contributed by atoms with E-state index >= 15 is 0 Å². The molecule has 2 rings (SSSR count). The lowest BCUT2D eigenvalue weighted by Crippen LogP contribution is -2.16. The van der Waals surface area contributed by atoms with Crippen LogP contribution in [0.3, 0.4) is 0 Å². The van der Waals surface area contributed by atoms with Crippen LogP contribution in [0.2, 0.25) is 0 Å². The number of anilines is 1. The van der Waals surface area contributed by atoms with Gasteiger partial charge in [-0.15, -0.1) is 0 Å². The lowest BCUT2D eigenvalue weighted by atomic mass is 10.1. The Kier molecular flexibility index (Phi) is 4.49. The minimum Gasteiger partial charge on any atom is -0.446 e. The average Bonchev–Trinajstić information content (AvgIpc) is 2.96. The molecule has 1 atom stereocenters. The number of carbonyl (C=O) groups is 1. The third-order valence-corrected chi connectivity index (χ3v) is 2.86. The van der Waals surface area contributed by atoms with Crippen LogP contribution in [0.15, 0.2) is 34.9 Å². The van der Waals surface area contributed by atoms with Crippen LogP contribution in [0.1, 0.15) is 34.9 Å². The Labute approximate surface area is 116 Å². The number of nitrogens with one attached hydrogen (secondary N) is 1. The van der Waals surface area contributed by atoms with Crippen molar-refractivity contribution in [1.29, 1.82) is 0 Å². The molecule has 0 spiro atoms. The van der Waals surface area contributed by atoms with E-state index in [1.54, 1.807) is 6.07 Å². The SMILES string of the molecule is CCc1cccc(NC(=O)c2coc(C(N)CO)n2)c1. The van der Waals surface area contributed by atoms with Crippen LogP contribution < -0.4 is 11.1 Å². The Bertz CT molecular complexity index is 595. The number of hydrogen-bond donors (Lipinski definition) is 3. The molecule has 1 aromatic heterocycles. The van der Waals surface area contributed by atoms with Crippen LogP contribution >= 0.6 is 0 Å². The zero-order valence-corrected chi connectivity index (χ0v) is 11.2. The zero-order chi connectivity index (χ0) is 14.5. The Morgan fingerprint density at radius 3 is 3.05 bits per heavy atom. The van der Waals surface area contributed by atoms with Crippen molar-refractivity contribution in [2.75, 3.05) is 11.9 Å².